The molecule has 1 fully saturated rings. The Morgan fingerprint density at radius 2 is 2.62 bits per heavy atom. The van der Waals surface area contributed by atoms with Gasteiger partial charge in [0, 0.05) is 24.4 Å². The van der Waals surface area contributed by atoms with E-state index in [9.17, 15) is 4.79 Å². The first-order valence-corrected chi connectivity index (χ1v) is 4.48. The fraction of sp³-hybridized carbons (Fsp3) is 0.556. The van der Waals surface area contributed by atoms with Crippen LogP contribution in [0.3, 0.4) is 0 Å². The number of aryl methyl sites for hydroxylation is 1. The van der Waals surface area contributed by atoms with Crippen LogP contribution < -0.4 is 0 Å². The van der Waals surface area contributed by atoms with E-state index in [1.807, 2.05) is 17.7 Å². The van der Waals surface area contributed by atoms with E-state index in [2.05, 4.69) is 5.10 Å². The van der Waals surface area contributed by atoms with Gasteiger partial charge in [0.05, 0.1) is 5.92 Å². The first-order chi connectivity index (χ1) is 6.24. The van der Waals surface area contributed by atoms with Gasteiger partial charge in [-0.1, -0.05) is 0 Å². The molecule has 1 heterocycles. The molecule has 4 nitrogen and oxygen atoms in total. The number of carboxylic acids is 1. The van der Waals surface area contributed by atoms with Crippen LogP contribution in [-0.4, -0.2) is 20.9 Å². The molecule has 0 saturated heterocycles. The quantitative estimate of drug-likeness (QED) is 0.757. The van der Waals surface area contributed by atoms with E-state index >= 15 is 0 Å². The van der Waals surface area contributed by atoms with Crippen molar-refractivity contribution in [2.45, 2.75) is 25.8 Å². The molecule has 2 rings (SSSR count). The van der Waals surface area contributed by atoms with Gasteiger partial charge in [-0.2, -0.15) is 5.10 Å². The van der Waals surface area contributed by atoms with Gasteiger partial charge in [-0.15, -0.1) is 0 Å². The van der Waals surface area contributed by atoms with Crippen LogP contribution >= 0.6 is 0 Å². The van der Waals surface area contributed by atoms with Crippen LogP contribution in [0.25, 0.3) is 0 Å². The molecule has 0 spiro atoms. The van der Waals surface area contributed by atoms with Crippen molar-refractivity contribution in [1.29, 1.82) is 0 Å². The molecule has 0 amide bonds. The molecular weight excluding hydrogens is 168 g/mol. The van der Waals surface area contributed by atoms with Crippen LogP contribution in [0.1, 0.15) is 25.0 Å². The highest BCUT2D eigenvalue weighted by Crippen LogP contribution is 2.47. The molecule has 1 aromatic heterocycles. The molecule has 13 heavy (non-hydrogen) atoms. The van der Waals surface area contributed by atoms with E-state index < -0.39 is 5.97 Å². The van der Waals surface area contributed by atoms with Crippen molar-refractivity contribution >= 4 is 5.97 Å². The molecule has 1 aliphatic carbocycles. The number of rotatable bonds is 3. The summed E-state index contributed by atoms with van der Waals surface area (Å²) >= 11 is 0. The summed E-state index contributed by atoms with van der Waals surface area (Å²) in [5.41, 5.74) is 1.06. The Hall–Kier alpha value is -1.32. The molecule has 2 unspecified atom stereocenters. The molecule has 0 aromatic carbocycles. The van der Waals surface area contributed by atoms with Crippen molar-refractivity contribution in [2.24, 2.45) is 5.92 Å². The topological polar surface area (TPSA) is 55.1 Å². The van der Waals surface area contributed by atoms with Crippen LogP contribution in [0.2, 0.25) is 0 Å². The third kappa shape index (κ3) is 1.32. The van der Waals surface area contributed by atoms with Gasteiger partial charge in [-0.25, -0.2) is 0 Å². The molecular formula is C9H12N2O2. The van der Waals surface area contributed by atoms with E-state index in [1.54, 1.807) is 6.20 Å². The Balaban J connectivity index is 2.15. The zero-order valence-electron chi connectivity index (χ0n) is 7.47. The van der Waals surface area contributed by atoms with E-state index in [4.69, 9.17) is 5.11 Å². The monoisotopic (exact) mass is 180 g/mol. The van der Waals surface area contributed by atoms with Crippen LogP contribution in [0.4, 0.5) is 0 Å². The lowest BCUT2D eigenvalue weighted by molar-refractivity contribution is -0.138. The fourth-order valence-electron chi connectivity index (χ4n) is 1.72. The SMILES string of the molecule is CCn1nccc1C1CC1C(=O)O. The highest BCUT2D eigenvalue weighted by atomic mass is 16.4. The Morgan fingerprint density at radius 1 is 1.85 bits per heavy atom. The second kappa shape index (κ2) is 2.87. The molecule has 0 radical (unpaired) electrons. The normalized spacial score (nSPS) is 25.9. The van der Waals surface area contributed by atoms with Gasteiger partial charge in [0.25, 0.3) is 0 Å². The number of hydrogen-bond acceptors (Lipinski definition) is 2. The maximum Gasteiger partial charge on any atom is 0.307 e. The zero-order chi connectivity index (χ0) is 9.42. The molecule has 0 bridgehead atoms. The van der Waals surface area contributed by atoms with Crippen molar-refractivity contribution in [3.05, 3.63) is 18.0 Å². The van der Waals surface area contributed by atoms with Crippen molar-refractivity contribution in [2.75, 3.05) is 0 Å². The average molecular weight is 180 g/mol. The minimum Gasteiger partial charge on any atom is -0.481 e. The van der Waals surface area contributed by atoms with Crippen molar-refractivity contribution in [3.63, 3.8) is 0 Å². The first kappa shape index (κ1) is 8.29. The van der Waals surface area contributed by atoms with E-state index in [-0.39, 0.29) is 11.8 Å². The molecule has 1 aliphatic rings. The lowest BCUT2D eigenvalue weighted by atomic mass is 10.2. The Labute approximate surface area is 76.2 Å². The fourth-order valence-corrected chi connectivity index (χ4v) is 1.72. The summed E-state index contributed by atoms with van der Waals surface area (Å²) in [6, 6.07) is 1.91. The minimum absolute atomic E-state index is 0.179. The summed E-state index contributed by atoms with van der Waals surface area (Å²) in [6.07, 6.45) is 2.50. The number of hydrogen-bond donors (Lipinski definition) is 1. The number of nitrogens with zero attached hydrogens (tertiary/aromatic N) is 2. The van der Waals surface area contributed by atoms with Gasteiger partial charge in [-0.3, -0.25) is 9.48 Å². The predicted molar refractivity (Wildman–Crippen MR) is 46.4 cm³/mol. The van der Waals surface area contributed by atoms with Crippen LogP contribution in [0, 0.1) is 5.92 Å². The summed E-state index contributed by atoms with van der Waals surface area (Å²) in [5, 5.41) is 12.9. The predicted octanol–water partition coefficient (Wildman–Crippen LogP) is 1.09. The number of carbonyl (C=O) groups is 1. The Kier molecular flexibility index (Phi) is 1.83. The largest absolute Gasteiger partial charge is 0.481 e. The van der Waals surface area contributed by atoms with Crippen molar-refractivity contribution in [3.8, 4) is 0 Å². The zero-order valence-corrected chi connectivity index (χ0v) is 7.47. The second-order valence-electron chi connectivity index (χ2n) is 3.36. The van der Waals surface area contributed by atoms with Crippen LogP contribution in [0.15, 0.2) is 12.3 Å². The minimum atomic E-state index is -0.686. The molecule has 2 atom stereocenters. The molecule has 0 aliphatic heterocycles. The molecule has 70 valence electrons. The highest BCUT2D eigenvalue weighted by Gasteiger charge is 2.45. The van der Waals surface area contributed by atoms with Gasteiger partial charge in [-0.05, 0) is 19.4 Å². The summed E-state index contributed by atoms with van der Waals surface area (Å²) in [6.45, 7) is 2.82. The lowest BCUT2D eigenvalue weighted by Crippen LogP contribution is -2.04. The number of aromatic nitrogens is 2. The highest BCUT2D eigenvalue weighted by molar-refractivity contribution is 5.75. The smallest absolute Gasteiger partial charge is 0.307 e. The van der Waals surface area contributed by atoms with Crippen molar-refractivity contribution in [1.82, 2.24) is 9.78 Å². The van der Waals surface area contributed by atoms with Gasteiger partial charge in [0.1, 0.15) is 0 Å². The van der Waals surface area contributed by atoms with Gasteiger partial charge >= 0.3 is 5.97 Å². The Morgan fingerprint density at radius 3 is 3.15 bits per heavy atom. The van der Waals surface area contributed by atoms with E-state index in [0.29, 0.717) is 0 Å². The molecule has 1 aromatic rings. The maximum absolute atomic E-state index is 10.6. The summed E-state index contributed by atoms with van der Waals surface area (Å²) < 4.78 is 1.87. The second-order valence-corrected chi connectivity index (χ2v) is 3.36. The molecule has 4 heteroatoms. The number of carboxylic acid groups (broad SMARTS) is 1. The lowest BCUT2D eigenvalue weighted by Gasteiger charge is -2.01. The standard InChI is InChI=1S/C9H12N2O2/c1-2-11-8(3-4-10-11)6-5-7(6)9(12)13/h3-4,6-7H,2,5H2,1H3,(H,12,13). The van der Waals surface area contributed by atoms with E-state index in [0.717, 1.165) is 18.7 Å². The third-order valence-corrected chi connectivity index (χ3v) is 2.54. The van der Waals surface area contributed by atoms with Crippen LogP contribution in [-0.2, 0) is 11.3 Å². The summed E-state index contributed by atoms with van der Waals surface area (Å²) in [7, 11) is 0. The summed E-state index contributed by atoms with van der Waals surface area (Å²) in [5.74, 6) is -0.671. The van der Waals surface area contributed by atoms with Crippen molar-refractivity contribution < 1.29 is 9.90 Å². The summed E-state index contributed by atoms with van der Waals surface area (Å²) in [4.78, 5) is 10.6. The Bertz CT molecular complexity index is 332. The van der Waals surface area contributed by atoms with Gasteiger partial charge < -0.3 is 5.11 Å². The number of aliphatic carboxylic acids is 1. The molecule has 1 N–H and O–H groups in total. The third-order valence-electron chi connectivity index (χ3n) is 2.54. The van der Waals surface area contributed by atoms with E-state index in [1.165, 1.54) is 0 Å². The maximum atomic E-state index is 10.6. The first-order valence-electron chi connectivity index (χ1n) is 4.48. The molecule has 1 saturated carbocycles. The average Bonchev–Trinajstić information content (AvgIpc) is 2.77. The van der Waals surface area contributed by atoms with Gasteiger partial charge in [0.2, 0.25) is 0 Å². The van der Waals surface area contributed by atoms with Gasteiger partial charge in [0.15, 0.2) is 0 Å². The van der Waals surface area contributed by atoms with Crippen LogP contribution in [0.5, 0.6) is 0 Å².